The summed E-state index contributed by atoms with van der Waals surface area (Å²) < 4.78 is 128. The topological polar surface area (TPSA) is 576 Å². The highest BCUT2D eigenvalue weighted by Crippen LogP contribution is 2.66. The van der Waals surface area contributed by atoms with Crippen LogP contribution in [0, 0.1) is 0 Å². The van der Waals surface area contributed by atoms with E-state index in [1.54, 1.807) is 4.57 Å². The summed E-state index contributed by atoms with van der Waals surface area (Å²) in [6.45, 7) is -2.11. The molecule has 0 bridgehead atoms. The van der Waals surface area contributed by atoms with Crippen LogP contribution < -0.4 is 22.9 Å². The molecule has 12 heterocycles. The number of nitrogens with zero attached hydrogens (tertiary/aromatic N) is 16. The summed E-state index contributed by atoms with van der Waals surface area (Å²) in [7, 11) is -16.5. The maximum Gasteiger partial charge on any atom is 0.490 e. The van der Waals surface area contributed by atoms with Gasteiger partial charge in [-0.1, -0.05) is 0 Å². The third kappa shape index (κ3) is 13.6. The minimum atomic E-state index is -5.65. The molecule has 2 unspecified atom stereocenters. The number of halogens is 4. The van der Waals surface area contributed by atoms with E-state index in [1.807, 2.05) is 0 Å². The zero-order valence-corrected chi connectivity index (χ0v) is 46.1. The van der Waals surface area contributed by atoms with Gasteiger partial charge in [0.05, 0.1) is 57.8 Å². The van der Waals surface area contributed by atoms with Gasteiger partial charge in [-0.25, -0.2) is 91.1 Å². The predicted molar refractivity (Wildman–Crippen MR) is 276 cm³/mol. The Morgan fingerprint density at radius 2 is 0.919 bits per heavy atom. The lowest BCUT2D eigenvalue weighted by Gasteiger charge is -2.18. The lowest BCUT2D eigenvalue weighted by Crippen LogP contribution is -2.30. The monoisotopic (exact) mass is 1280 g/mol. The maximum atomic E-state index is 14.4. The number of rotatable bonds is 14. The summed E-state index contributed by atoms with van der Waals surface area (Å²) in [4.78, 5) is 82.7. The number of phosphoric ester groups is 1. The maximum absolute atomic E-state index is 14.4. The number of fused-ring (bicyclic) bond motifs is 4. The number of imidazole rings is 4. The zero-order chi connectivity index (χ0) is 62.2. The molecule has 0 aliphatic carbocycles. The first kappa shape index (κ1) is 63.7. The molecule has 0 amide bonds. The van der Waals surface area contributed by atoms with Gasteiger partial charge in [-0.05, 0) is 0 Å². The van der Waals surface area contributed by atoms with Gasteiger partial charge in [0.1, 0.15) is 96.5 Å². The molecule has 4 aliphatic rings. The van der Waals surface area contributed by atoms with E-state index in [-0.39, 0.29) is 53.9 Å². The van der Waals surface area contributed by atoms with Crippen molar-refractivity contribution in [1.82, 2.24) is 78.1 Å². The van der Waals surface area contributed by atoms with Crippen LogP contribution in [0.1, 0.15) is 37.8 Å². The highest BCUT2D eigenvalue weighted by molar-refractivity contribution is 7.66. The second-order valence-electron chi connectivity index (χ2n) is 18.5. The Bertz CT molecular complexity index is 3710. The van der Waals surface area contributed by atoms with E-state index in [1.165, 1.54) is 58.0 Å². The van der Waals surface area contributed by atoms with E-state index < -0.39 is 130 Å². The lowest BCUT2D eigenvalue weighted by molar-refractivity contribution is -0.0495. The molecule has 8 aromatic heterocycles. The highest BCUT2D eigenvalue weighted by atomic mass is 31.3. The number of phosphoric acid groups is 3. The van der Waals surface area contributed by atoms with Crippen molar-refractivity contribution in [1.29, 1.82) is 0 Å². The summed E-state index contributed by atoms with van der Waals surface area (Å²) in [5.74, 6) is 0.701. The molecule has 8 aromatic rings. The van der Waals surface area contributed by atoms with Crippen molar-refractivity contribution >= 4 is 91.4 Å². The van der Waals surface area contributed by atoms with Gasteiger partial charge in [-0.3, -0.25) is 22.8 Å². The summed E-state index contributed by atoms with van der Waals surface area (Å²) in [6, 6.07) is 0. The van der Waals surface area contributed by atoms with Crippen LogP contribution in [-0.4, -0.2) is 211 Å². The van der Waals surface area contributed by atoms with Crippen LogP contribution in [0.15, 0.2) is 50.6 Å². The first-order valence-corrected chi connectivity index (χ1v) is 29.1. The SMILES string of the molecule is Nc1ncnc2c1ncn2[C@@H]1O[C@H](CO)[C@@H](F)[C@H]1O.Nc1ncnc2c1ncn2[C@@H]1O[C@H](CO)[C@@H](O)[C@H]1F.Nc1ncnc2c1ncn2[C@@H]1O[C@H](COP(=O)(O)OP(=O)(O)OP(=O)(O)O)C[C@H]1F.Nc1ncnc2c1ncn2[C@H]1C[C@H](F)[C@@H](CO)O1. The smallest absolute Gasteiger partial charge is 0.394 e. The minimum Gasteiger partial charge on any atom is -0.394 e. The number of nitrogen functional groups attached to an aromatic ring is 4. The van der Waals surface area contributed by atoms with Gasteiger partial charge in [0.2, 0.25) is 0 Å². The zero-order valence-electron chi connectivity index (χ0n) is 43.4. The Kier molecular flexibility index (Phi) is 19.1. The number of ether oxygens (including phenoxy) is 4. The molecule has 4 aliphatic heterocycles. The van der Waals surface area contributed by atoms with E-state index in [0.29, 0.717) is 33.5 Å². The van der Waals surface area contributed by atoms with Crippen molar-refractivity contribution in [3.8, 4) is 0 Å². The molecule has 0 spiro atoms. The van der Waals surface area contributed by atoms with Crippen LogP contribution in [0.5, 0.6) is 0 Å². The van der Waals surface area contributed by atoms with Crippen LogP contribution in [0.2, 0.25) is 0 Å². The first-order chi connectivity index (χ1) is 40.7. The molecule has 4 fully saturated rings. The molecular formula is C40H51F4N20O19P3. The van der Waals surface area contributed by atoms with Crippen LogP contribution in [0.4, 0.5) is 40.8 Å². The second-order valence-corrected chi connectivity index (χ2v) is 23.0. The number of hydrogen-bond donors (Lipinski definition) is 13. The Morgan fingerprint density at radius 3 is 1.35 bits per heavy atom. The van der Waals surface area contributed by atoms with Crippen molar-refractivity contribution in [3.63, 3.8) is 0 Å². The number of alkyl halides is 4. The highest BCUT2D eigenvalue weighted by Gasteiger charge is 2.48. The molecule has 12 rings (SSSR count). The second kappa shape index (κ2) is 25.9. The molecule has 39 nitrogen and oxygen atoms in total. The molecule has 4 saturated heterocycles. The quantitative estimate of drug-likeness (QED) is 0.0431. The van der Waals surface area contributed by atoms with Gasteiger partial charge in [0.15, 0.2) is 76.9 Å². The molecule has 86 heavy (non-hydrogen) atoms. The van der Waals surface area contributed by atoms with Crippen molar-refractivity contribution in [2.75, 3.05) is 49.4 Å². The number of nitrogens with two attached hydrogens (primary N) is 4. The normalized spacial score (nSPS) is 28.8. The number of aromatic nitrogens is 16. The molecule has 468 valence electrons. The Morgan fingerprint density at radius 1 is 0.488 bits per heavy atom. The third-order valence-electron chi connectivity index (χ3n) is 12.9. The minimum absolute atomic E-state index is 0.0661. The van der Waals surface area contributed by atoms with E-state index in [0.717, 1.165) is 6.33 Å². The number of hydrogen-bond acceptors (Lipinski definition) is 31. The van der Waals surface area contributed by atoms with Gasteiger partial charge < -0.3 is 87.0 Å². The third-order valence-corrected chi connectivity index (χ3v) is 16.7. The Hall–Kier alpha value is -6.83. The van der Waals surface area contributed by atoms with Crippen LogP contribution in [-0.2, 0) is 45.8 Å². The van der Waals surface area contributed by atoms with Crippen LogP contribution in [0.25, 0.3) is 44.7 Å². The van der Waals surface area contributed by atoms with Crippen molar-refractivity contribution in [2.45, 2.75) is 99.1 Å². The van der Waals surface area contributed by atoms with Crippen molar-refractivity contribution in [3.05, 3.63) is 50.6 Å². The van der Waals surface area contributed by atoms with Gasteiger partial charge in [0.25, 0.3) is 0 Å². The number of aliphatic hydroxyl groups excluding tert-OH is 5. The molecule has 0 radical (unpaired) electrons. The fourth-order valence-electron chi connectivity index (χ4n) is 8.97. The van der Waals surface area contributed by atoms with Crippen molar-refractivity contribution in [2.24, 2.45) is 0 Å². The average molecular weight is 1280 g/mol. The molecular weight excluding hydrogens is 1230 g/mol. The van der Waals surface area contributed by atoms with Gasteiger partial charge in [0, 0.05) is 12.8 Å². The molecule has 0 saturated carbocycles. The summed E-state index contributed by atoms with van der Waals surface area (Å²) in [5, 5.41) is 46.4. The lowest BCUT2D eigenvalue weighted by atomic mass is 10.1. The van der Waals surface area contributed by atoms with Crippen LogP contribution >= 0.6 is 23.5 Å². The number of anilines is 4. The molecule has 46 heteroatoms. The van der Waals surface area contributed by atoms with Gasteiger partial charge >= 0.3 is 23.5 Å². The van der Waals surface area contributed by atoms with Gasteiger partial charge in [-0.15, -0.1) is 0 Å². The first-order valence-electron chi connectivity index (χ1n) is 24.6. The fourth-order valence-corrected chi connectivity index (χ4v) is 12.0. The van der Waals surface area contributed by atoms with E-state index >= 15 is 0 Å². The summed E-state index contributed by atoms with van der Waals surface area (Å²) in [5.41, 5.74) is 25.3. The largest absolute Gasteiger partial charge is 0.490 e. The predicted octanol–water partition coefficient (Wildman–Crippen LogP) is -1.60. The summed E-state index contributed by atoms with van der Waals surface area (Å²) in [6.07, 6.45) is -6.65. The Balaban J connectivity index is 0.000000140. The summed E-state index contributed by atoms with van der Waals surface area (Å²) >= 11 is 0. The average Bonchev–Trinajstić information content (AvgIpc) is 2.43. The van der Waals surface area contributed by atoms with Crippen LogP contribution in [0.3, 0.4) is 0 Å². The Labute approximate surface area is 476 Å². The molecule has 17 N–H and O–H groups in total. The van der Waals surface area contributed by atoms with Gasteiger partial charge in [-0.2, -0.15) is 8.62 Å². The fraction of sp³-hybridized carbons (Fsp3) is 0.500. The van der Waals surface area contributed by atoms with Crippen molar-refractivity contribution < 1.29 is 108 Å². The molecule has 0 aromatic carbocycles. The molecule has 16 atom stereocenters. The standard InChI is InChI=1S/C10H15FN5O11P3.2C10H12FN5O3.C10H12FN5O2/c11-6-1-5(2-24-29(20,21)27-30(22,23)26-28(17,18)19)25-10(6)16-4-15-7-8(12)13-3-14-9(7)16;11-5-7(18)4(1-17)19-10(5)16-3-15-6-8(12)13-2-14-9(6)16;11-5-4(1-17)19-10(7(5)18)16-3-15-6-8(12)13-2-14-9(6)16;11-5-1-7(18-6(5)2-17)16-4-15-8-9(12)13-3-14-10(8)16/h3-6,10H,1-2H2,(H,20,21)(H,22,23)(H2,12,13,14)(H2,17,18,19);2*2-5,7,10,17-18H,1H2,(H2,12,13,14);3-7,17H,1-2H2,(H2,12,13,14)/t5-,6+,10+;2*4-,5-,7-,10-;5-,6+,7+/m0110/s1. The van der Waals surface area contributed by atoms with E-state index in [2.05, 4.69) is 73.0 Å². The van der Waals surface area contributed by atoms with E-state index in [9.17, 15) is 46.4 Å². The van der Waals surface area contributed by atoms with E-state index in [4.69, 9.17) is 71.9 Å². The number of aliphatic hydroxyl groups is 5.